The highest BCUT2D eigenvalue weighted by atomic mass is 32.1. The van der Waals surface area contributed by atoms with Gasteiger partial charge in [-0.15, -0.1) is 22.7 Å². The molecule has 416 valence electrons. The highest BCUT2D eigenvalue weighted by Gasteiger charge is 2.54. The number of hydrogen-bond donors (Lipinski definition) is 4. The van der Waals surface area contributed by atoms with Crippen LogP contribution in [0.5, 0.6) is 0 Å². The standard InChI is InChI=1S/C19H30N2.C17H25NS.C16H24N2.C16H23NS/c1-18(2,3)17-7-16(11-20-17)12-21-19-8-13-4-14(9-19)6-15(5-13)10-19;1-11-3-4-16(19-11)12(2)18-17-8-13-5-14(9-17)7-15(6-13)10-17;2*1-11-2-3-15(18-11)10-17-16-7-12-4-13(8-16)6-14(5-12)9-16/h7,13-15,21H,4-6,8-12H2,1-3H3;3-4,12-15,18H,5-10H2,1-2H3;3,12-14,17H,2,4-10H2,1H3;2-3,12-14,17H,4-10H2,1H3. The summed E-state index contributed by atoms with van der Waals surface area (Å²) in [6, 6.07) is 9.67. The van der Waals surface area contributed by atoms with E-state index in [2.05, 4.69) is 111 Å². The first-order valence-electron chi connectivity index (χ1n) is 32.1. The molecule has 1 unspecified atom stereocenters. The van der Waals surface area contributed by atoms with Gasteiger partial charge in [0.25, 0.3) is 0 Å². The van der Waals surface area contributed by atoms with Crippen molar-refractivity contribution in [3.8, 4) is 0 Å². The molecular formula is C68H102N6S2. The second-order valence-corrected chi connectivity index (χ2v) is 33.9. The van der Waals surface area contributed by atoms with Crippen LogP contribution in [0.3, 0.4) is 0 Å². The summed E-state index contributed by atoms with van der Waals surface area (Å²) in [6.07, 6.45) is 41.5. The molecule has 16 bridgehead atoms. The molecule has 0 spiro atoms. The van der Waals surface area contributed by atoms with Crippen molar-refractivity contribution in [1.29, 1.82) is 0 Å². The fraction of sp³-hybridized carbons (Fsp3) is 0.794. The average Bonchev–Trinajstić information content (AvgIpc) is 4.25. The molecule has 4 heterocycles. The van der Waals surface area contributed by atoms with E-state index < -0.39 is 0 Å². The summed E-state index contributed by atoms with van der Waals surface area (Å²) in [5, 5.41) is 15.9. The second-order valence-electron chi connectivity index (χ2n) is 31.2. The molecule has 16 saturated carbocycles. The zero-order valence-electron chi connectivity index (χ0n) is 48.7. The van der Waals surface area contributed by atoms with Crippen LogP contribution in [0.1, 0.15) is 221 Å². The van der Waals surface area contributed by atoms with Crippen LogP contribution in [0.25, 0.3) is 0 Å². The number of aliphatic imine (C=N–C) groups is 2. The summed E-state index contributed by atoms with van der Waals surface area (Å²) in [5.74, 6) is 12.5. The molecule has 6 nitrogen and oxygen atoms in total. The van der Waals surface area contributed by atoms with Gasteiger partial charge in [0.1, 0.15) is 0 Å². The van der Waals surface area contributed by atoms with Gasteiger partial charge in [0.2, 0.25) is 0 Å². The molecule has 0 aromatic carbocycles. The smallest absolute Gasteiger partial charge is 0.0619 e. The topological polar surface area (TPSA) is 72.8 Å². The zero-order valence-corrected chi connectivity index (χ0v) is 50.3. The third-order valence-electron chi connectivity index (χ3n) is 23.2. The lowest BCUT2D eigenvalue weighted by Crippen LogP contribution is -2.58. The number of rotatable bonds is 12. The number of thiophene rings is 2. The molecule has 0 saturated heterocycles. The van der Waals surface area contributed by atoms with Crippen LogP contribution < -0.4 is 21.3 Å². The predicted octanol–water partition coefficient (Wildman–Crippen LogP) is 16.1. The fourth-order valence-electron chi connectivity index (χ4n) is 21.7. The van der Waals surface area contributed by atoms with E-state index in [-0.39, 0.29) is 5.41 Å². The number of aryl methyl sites for hydroxylation is 2. The van der Waals surface area contributed by atoms with E-state index in [0.717, 1.165) is 104 Å². The molecule has 20 rings (SSSR count). The summed E-state index contributed by atoms with van der Waals surface area (Å²) in [7, 11) is 0. The number of hydrogen-bond acceptors (Lipinski definition) is 8. The monoisotopic (exact) mass is 1070 g/mol. The maximum Gasteiger partial charge on any atom is 0.0619 e. The Bertz CT molecular complexity index is 2380. The third-order valence-corrected chi connectivity index (χ3v) is 25.3. The van der Waals surface area contributed by atoms with Crippen molar-refractivity contribution in [3.05, 3.63) is 67.2 Å². The van der Waals surface area contributed by atoms with Gasteiger partial charge in [-0.05, 0) is 289 Å². The van der Waals surface area contributed by atoms with Crippen LogP contribution in [0, 0.1) is 90.3 Å². The van der Waals surface area contributed by atoms with Gasteiger partial charge in [0.15, 0.2) is 0 Å². The van der Waals surface area contributed by atoms with E-state index in [1.165, 1.54) is 196 Å². The first-order valence-corrected chi connectivity index (χ1v) is 33.7. The average molecular weight is 1070 g/mol. The predicted molar refractivity (Wildman–Crippen MR) is 322 cm³/mol. The highest BCUT2D eigenvalue weighted by molar-refractivity contribution is 7.12. The fourth-order valence-corrected chi connectivity index (χ4v) is 23.4. The van der Waals surface area contributed by atoms with Crippen LogP contribution in [-0.4, -0.2) is 53.2 Å². The summed E-state index contributed by atoms with van der Waals surface area (Å²) < 4.78 is 0. The first-order chi connectivity index (χ1) is 36.5. The Kier molecular flexibility index (Phi) is 14.8. The van der Waals surface area contributed by atoms with Gasteiger partial charge in [0, 0.05) is 90.6 Å². The summed E-state index contributed by atoms with van der Waals surface area (Å²) in [6.45, 7) is 19.8. The number of nitrogens with zero attached hydrogens (tertiary/aromatic N) is 2. The van der Waals surface area contributed by atoms with Gasteiger partial charge in [0.05, 0.1) is 12.2 Å². The van der Waals surface area contributed by atoms with Gasteiger partial charge in [-0.1, -0.05) is 26.8 Å². The van der Waals surface area contributed by atoms with Gasteiger partial charge in [-0.2, -0.15) is 0 Å². The largest absolute Gasteiger partial charge is 0.307 e. The van der Waals surface area contributed by atoms with Crippen LogP contribution >= 0.6 is 22.7 Å². The molecule has 76 heavy (non-hydrogen) atoms. The number of allylic oxidation sites excluding steroid dienone is 2. The highest BCUT2D eigenvalue weighted by Crippen LogP contribution is 2.59. The van der Waals surface area contributed by atoms with Gasteiger partial charge < -0.3 is 21.3 Å². The van der Waals surface area contributed by atoms with Gasteiger partial charge in [-0.3, -0.25) is 9.98 Å². The molecule has 2 aromatic rings. The lowest BCUT2D eigenvalue weighted by atomic mass is 9.53. The maximum atomic E-state index is 4.74. The third kappa shape index (κ3) is 11.9. The van der Waals surface area contributed by atoms with Crippen molar-refractivity contribution in [2.45, 2.75) is 244 Å². The molecular weight excluding hydrogens is 965 g/mol. The van der Waals surface area contributed by atoms with E-state index in [1.807, 2.05) is 22.7 Å². The molecule has 0 radical (unpaired) electrons. The number of nitrogens with one attached hydrogen (secondary N) is 4. The van der Waals surface area contributed by atoms with Crippen molar-refractivity contribution in [3.63, 3.8) is 0 Å². The molecule has 2 aromatic heterocycles. The van der Waals surface area contributed by atoms with Crippen molar-refractivity contribution in [2.75, 3.05) is 19.6 Å². The van der Waals surface area contributed by atoms with Crippen molar-refractivity contribution in [1.82, 2.24) is 21.3 Å². The summed E-state index contributed by atoms with van der Waals surface area (Å²) >= 11 is 3.92. The first kappa shape index (κ1) is 53.4. The van der Waals surface area contributed by atoms with Crippen LogP contribution in [0.15, 0.2) is 57.7 Å². The molecule has 4 N–H and O–H groups in total. The van der Waals surface area contributed by atoms with Crippen LogP contribution in [-0.2, 0) is 6.54 Å². The SMILES string of the molecule is CC(C)(C)C1=NCC(CNC23CC4CC(CC(C4)C2)C3)=C1.CC1=NC(CNC23CC4CC(CC(C4)C2)C3)=CC1.Cc1ccc(C(C)NC23CC4CC(CC(C4)C2)C3)s1.Cc1ccc(CNC23CC4CC(CC(C4)C2)C3)s1. The van der Waals surface area contributed by atoms with Crippen molar-refractivity contribution < 1.29 is 0 Å². The summed E-state index contributed by atoms with van der Waals surface area (Å²) in [4.78, 5) is 15.3. The van der Waals surface area contributed by atoms with E-state index in [9.17, 15) is 0 Å². The molecule has 16 fully saturated rings. The van der Waals surface area contributed by atoms with Crippen LogP contribution in [0.2, 0.25) is 0 Å². The minimum Gasteiger partial charge on any atom is -0.307 e. The molecule has 18 aliphatic rings. The van der Waals surface area contributed by atoms with E-state index >= 15 is 0 Å². The molecule has 0 amide bonds. The Morgan fingerprint density at radius 1 is 0.513 bits per heavy atom. The van der Waals surface area contributed by atoms with E-state index in [1.54, 1.807) is 0 Å². The summed E-state index contributed by atoms with van der Waals surface area (Å²) in [5.41, 5.74) is 7.52. The normalized spacial score (nSPS) is 42.4. The quantitative estimate of drug-likeness (QED) is 0.171. The maximum absolute atomic E-state index is 4.74. The Hall–Kier alpha value is -1.94. The lowest BCUT2D eigenvalue weighted by Gasteiger charge is -2.57. The minimum atomic E-state index is 0.197. The second kappa shape index (κ2) is 21.1. The Balaban J connectivity index is 0.0000000972. The molecule has 1 atom stereocenters. The molecule has 16 aliphatic carbocycles. The van der Waals surface area contributed by atoms with Crippen molar-refractivity contribution in [2.24, 2.45) is 86.4 Å². The Morgan fingerprint density at radius 2 is 0.908 bits per heavy atom. The molecule has 8 heteroatoms. The van der Waals surface area contributed by atoms with Gasteiger partial charge in [-0.25, -0.2) is 0 Å². The van der Waals surface area contributed by atoms with Gasteiger partial charge >= 0.3 is 0 Å². The molecule has 2 aliphatic heterocycles. The zero-order chi connectivity index (χ0) is 52.0. The van der Waals surface area contributed by atoms with Crippen LogP contribution in [0.4, 0.5) is 0 Å². The minimum absolute atomic E-state index is 0.197. The van der Waals surface area contributed by atoms with E-state index in [4.69, 9.17) is 4.99 Å². The Labute approximate surface area is 469 Å². The van der Waals surface area contributed by atoms with Crippen molar-refractivity contribution >= 4 is 34.1 Å². The lowest BCUT2D eigenvalue weighted by molar-refractivity contribution is -0.0243. The Morgan fingerprint density at radius 3 is 1.26 bits per heavy atom. The van der Waals surface area contributed by atoms with E-state index in [0.29, 0.717) is 28.2 Å².